The molecule has 4 rings (SSSR count). The van der Waals surface area contributed by atoms with Gasteiger partial charge in [0, 0.05) is 17.3 Å². The van der Waals surface area contributed by atoms with Gasteiger partial charge in [-0.05, 0) is 49.2 Å². The Kier molecular flexibility index (Phi) is 5.14. The van der Waals surface area contributed by atoms with Gasteiger partial charge in [0.15, 0.2) is 5.78 Å². The molecule has 7 heteroatoms. The highest BCUT2D eigenvalue weighted by molar-refractivity contribution is 6.47. The highest BCUT2D eigenvalue weighted by atomic mass is 16.5. The van der Waals surface area contributed by atoms with Gasteiger partial charge in [-0.2, -0.15) is 0 Å². The number of para-hydroxylation sites is 1. The summed E-state index contributed by atoms with van der Waals surface area (Å²) in [5.41, 5.74) is 3.41. The summed E-state index contributed by atoms with van der Waals surface area (Å²) in [5.74, 6) is -0.675. The average molecular weight is 386 g/mol. The summed E-state index contributed by atoms with van der Waals surface area (Å²) in [6, 6.07) is 18.0. The summed E-state index contributed by atoms with van der Waals surface area (Å²) in [4.78, 5) is 28.7. The molecule has 0 spiro atoms. The van der Waals surface area contributed by atoms with Crippen LogP contribution in [0.3, 0.4) is 0 Å². The van der Waals surface area contributed by atoms with E-state index in [4.69, 9.17) is 4.65 Å². The van der Waals surface area contributed by atoms with E-state index in [0.29, 0.717) is 23.3 Å². The number of nitrogens with zero attached hydrogens (tertiary/aromatic N) is 1. The van der Waals surface area contributed by atoms with Crippen molar-refractivity contribution in [3.63, 3.8) is 0 Å². The van der Waals surface area contributed by atoms with Crippen LogP contribution in [0.4, 0.5) is 0 Å². The number of ketones is 1. The molecule has 2 aromatic carbocycles. The van der Waals surface area contributed by atoms with Gasteiger partial charge < -0.3 is 15.0 Å². The van der Waals surface area contributed by atoms with Crippen molar-refractivity contribution in [3.8, 4) is 17.0 Å². The molecular weight excluding hydrogens is 367 g/mol. The zero-order valence-electron chi connectivity index (χ0n) is 15.8. The van der Waals surface area contributed by atoms with Gasteiger partial charge in [-0.1, -0.05) is 30.3 Å². The lowest BCUT2D eigenvalue weighted by Gasteiger charge is -2.29. The van der Waals surface area contributed by atoms with Gasteiger partial charge >= 0.3 is 7.12 Å². The number of nitrogens with one attached hydrogen (secondary N) is 1. The first-order chi connectivity index (χ1) is 14.0. The predicted octanol–water partition coefficient (Wildman–Crippen LogP) is 2.70. The van der Waals surface area contributed by atoms with E-state index in [1.165, 1.54) is 6.92 Å². The zero-order chi connectivity index (χ0) is 20.4. The molecule has 1 aromatic heterocycles. The lowest BCUT2D eigenvalue weighted by Crippen LogP contribution is -2.53. The minimum absolute atomic E-state index is 0.135. The van der Waals surface area contributed by atoms with Crippen molar-refractivity contribution in [2.75, 3.05) is 0 Å². The topological polar surface area (TPSA) is 88.5 Å². The number of hydrogen-bond acceptors (Lipinski definition) is 5. The summed E-state index contributed by atoms with van der Waals surface area (Å²) >= 11 is 0. The quantitative estimate of drug-likeness (QED) is 0.532. The van der Waals surface area contributed by atoms with E-state index in [1.807, 2.05) is 36.4 Å². The third-order valence-corrected chi connectivity index (χ3v) is 4.92. The molecule has 0 saturated carbocycles. The molecule has 0 aliphatic carbocycles. The molecule has 0 unspecified atom stereocenters. The highest BCUT2D eigenvalue weighted by Crippen LogP contribution is 2.30. The molecule has 1 amide bonds. The fraction of sp³-hybridized carbons (Fsp3) is 0.136. The first-order valence-electron chi connectivity index (χ1n) is 9.33. The van der Waals surface area contributed by atoms with Gasteiger partial charge in [-0.25, -0.2) is 0 Å². The van der Waals surface area contributed by atoms with Gasteiger partial charge in [0.25, 0.3) is 5.91 Å². The molecular formula is C22H19BN2O4. The maximum Gasteiger partial charge on any atom is 0.547 e. The lowest BCUT2D eigenvalue weighted by molar-refractivity contribution is 0.0938. The summed E-state index contributed by atoms with van der Waals surface area (Å²) in [6.45, 7) is 1.45. The number of carbonyl (C=O) groups excluding carboxylic acids is 2. The van der Waals surface area contributed by atoms with E-state index in [0.717, 1.165) is 16.8 Å². The first-order valence-corrected chi connectivity index (χ1v) is 9.33. The Balaban J connectivity index is 1.49. The predicted molar refractivity (Wildman–Crippen MR) is 110 cm³/mol. The second-order valence-corrected chi connectivity index (χ2v) is 6.93. The van der Waals surface area contributed by atoms with Crippen LogP contribution in [0.15, 0.2) is 66.9 Å². The number of benzene rings is 2. The second-order valence-electron chi connectivity index (χ2n) is 6.93. The number of carbonyl (C=O) groups is 2. The number of amides is 1. The van der Waals surface area contributed by atoms with Crippen LogP contribution in [0, 0.1) is 0 Å². The zero-order valence-corrected chi connectivity index (χ0v) is 15.8. The molecule has 0 fully saturated rings. The number of pyridine rings is 1. The van der Waals surface area contributed by atoms with Crippen LogP contribution < -0.4 is 9.97 Å². The van der Waals surface area contributed by atoms with Crippen LogP contribution in [0.2, 0.25) is 0 Å². The van der Waals surface area contributed by atoms with E-state index >= 15 is 0 Å². The Hall–Kier alpha value is -3.45. The summed E-state index contributed by atoms with van der Waals surface area (Å²) in [6.07, 6.45) is 2.09. The monoisotopic (exact) mass is 386 g/mol. The maximum atomic E-state index is 12.6. The van der Waals surface area contributed by atoms with E-state index in [-0.39, 0.29) is 11.7 Å². The lowest BCUT2D eigenvalue weighted by atomic mass is 9.72. The van der Waals surface area contributed by atoms with Crippen LogP contribution in [-0.4, -0.2) is 34.8 Å². The van der Waals surface area contributed by atoms with Gasteiger partial charge in [0.1, 0.15) is 5.75 Å². The van der Waals surface area contributed by atoms with Crippen molar-refractivity contribution in [3.05, 3.63) is 83.6 Å². The van der Waals surface area contributed by atoms with Gasteiger partial charge in [0.05, 0.1) is 17.2 Å². The minimum Gasteiger partial charge on any atom is -0.534 e. The Labute approximate surface area is 168 Å². The molecule has 0 radical (unpaired) electrons. The van der Waals surface area contributed by atoms with Crippen LogP contribution in [0.25, 0.3) is 11.3 Å². The molecule has 6 nitrogen and oxygen atoms in total. The fourth-order valence-electron chi connectivity index (χ4n) is 3.40. The molecule has 144 valence electrons. The highest BCUT2D eigenvalue weighted by Gasteiger charge is 2.37. The number of rotatable bonds is 4. The van der Waals surface area contributed by atoms with Gasteiger partial charge in [0.2, 0.25) is 0 Å². The third-order valence-electron chi connectivity index (χ3n) is 4.92. The van der Waals surface area contributed by atoms with Gasteiger partial charge in [-0.3, -0.25) is 14.6 Å². The van der Waals surface area contributed by atoms with Crippen LogP contribution in [-0.2, 0) is 6.42 Å². The van der Waals surface area contributed by atoms with Crippen molar-refractivity contribution in [1.82, 2.24) is 10.3 Å². The summed E-state index contributed by atoms with van der Waals surface area (Å²) in [7, 11) is -1.24. The van der Waals surface area contributed by atoms with E-state index < -0.39 is 13.1 Å². The number of Topliss-reactive ketones (excluding diaryl/α,β-unsaturated/α-hetero) is 1. The van der Waals surface area contributed by atoms with Crippen molar-refractivity contribution in [2.45, 2.75) is 19.3 Å². The average Bonchev–Trinajstić information content (AvgIpc) is 2.74. The molecule has 0 bridgehead atoms. The molecule has 1 aliphatic heterocycles. The standard InChI is InChI=1S/C22H19BN2O4/c1-14(26)18-6-4-5-17-13-20(23(28)29-21(17)18)25-22(27)16-10-8-15(9-11-16)19-7-2-3-12-24-19/h2-12,20,28H,13H2,1H3,(H,25,27)/t20-/m0/s1. The maximum absolute atomic E-state index is 12.6. The summed E-state index contributed by atoms with van der Waals surface area (Å²) in [5, 5.41) is 13.2. The van der Waals surface area contributed by atoms with E-state index in [9.17, 15) is 14.6 Å². The largest absolute Gasteiger partial charge is 0.547 e. The van der Waals surface area contributed by atoms with Crippen molar-refractivity contribution in [2.24, 2.45) is 0 Å². The first kappa shape index (κ1) is 18.9. The molecule has 0 saturated heterocycles. The number of aromatic nitrogens is 1. The summed E-state index contributed by atoms with van der Waals surface area (Å²) < 4.78 is 5.56. The van der Waals surface area contributed by atoms with Crippen molar-refractivity contribution >= 4 is 18.8 Å². The molecule has 1 atom stereocenters. The Morgan fingerprint density at radius 1 is 1.10 bits per heavy atom. The minimum atomic E-state index is -1.24. The Bertz CT molecular complexity index is 1050. The molecule has 29 heavy (non-hydrogen) atoms. The Morgan fingerprint density at radius 2 is 1.90 bits per heavy atom. The third kappa shape index (κ3) is 3.91. The molecule has 1 aliphatic rings. The second kappa shape index (κ2) is 7.89. The van der Waals surface area contributed by atoms with Crippen molar-refractivity contribution in [1.29, 1.82) is 0 Å². The fourth-order valence-corrected chi connectivity index (χ4v) is 3.40. The Morgan fingerprint density at radius 3 is 2.59 bits per heavy atom. The number of fused-ring (bicyclic) bond motifs is 1. The van der Waals surface area contributed by atoms with Crippen molar-refractivity contribution < 1.29 is 19.3 Å². The van der Waals surface area contributed by atoms with Crippen LogP contribution in [0.1, 0.15) is 33.2 Å². The number of hydrogen-bond donors (Lipinski definition) is 2. The molecule has 2 heterocycles. The molecule has 2 N–H and O–H groups in total. The molecule has 3 aromatic rings. The van der Waals surface area contributed by atoms with E-state index in [2.05, 4.69) is 10.3 Å². The van der Waals surface area contributed by atoms with Crippen LogP contribution in [0.5, 0.6) is 5.75 Å². The van der Waals surface area contributed by atoms with Crippen LogP contribution >= 0.6 is 0 Å². The SMILES string of the molecule is CC(=O)c1cccc2c1OB(O)[C@@H](NC(=O)c1ccc(-c3ccccn3)cc1)C2. The smallest absolute Gasteiger partial charge is 0.534 e. The van der Waals surface area contributed by atoms with Gasteiger partial charge in [-0.15, -0.1) is 0 Å². The van der Waals surface area contributed by atoms with E-state index in [1.54, 1.807) is 30.5 Å². The normalized spacial score (nSPS) is 15.2.